The quantitative estimate of drug-likeness (QED) is 0.916. The highest BCUT2D eigenvalue weighted by molar-refractivity contribution is 5.74. The minimum absolute atomic E-state index is 0.0899. The lowest BCUT2D eigenvalue weighted by Gasteiger charge is -2.35. The molecule has 0 aromatic heterocycles. The molecule has 2 heterocycles. The molecule has 2 saturated heterocycles. The molecular weight excluding hydrogens is 316 g/mol. The smallest absolute Gasteiger partial charge is 0.317 e. The summed E-state index contributed by atoms with van der Waals surface area (Å²) >= 11 is 0. The third kappa shape index (κ3) is 3.82. The van der Waals surface area contributed by atoms with Crippen LogP contribution in [0, 0.1) is 5.92 Å². The Morgan fingerprint density at radius 1 is 1.12 bits per heavy atom. The first-order valence-corrected chi connectivity index (χ1v) is 9.60. The second kappa shape index (κ2) is 7.34. The average Bonchev–Trinajstić information content (AvgIpc) is 3.32. The van der Waals surface area contributed by atoms with Gasteiger partial charge in [0.25, 0.3) is 0 Å². The van der Waals surface area contributed by atoms with Crippen LogP contribution in [0.25, 0.3) is 0 Å². The van der Waals surface area contributed by atoms with Crippen molar-refractivity contribution >= 4 is 6.03 Å². The summed E-state index contributed by atoms with van der Waals surface area (Å²) < 4.78 is 11.5. The van der Waals surface area contributed by atoms with Gasteiger partial charge in [-0.3, -0.25) is 0 Å². The lowest BCUT2D eigenvalue weighted by Crippen LogP contribution is -2.43. The molecule has 1 N–H and O–H groups in total. The highest BCUT2D eigenvalue weighted by atomic mass is 16.7. The van der Waals surface area contributed by atoms with Crippen molar-refractivity contribution in [1.29, 1.82) is 0 Å². The Morgan fingerprint density at radius 3 is 2.56 bits per heavy atom. The van der Waals surface area contributed by atoms with Gasteiger partial charge in [-0.2, -0.15) is 0 Å². The van der Waals surface area contributed by atoms with Crippen molar-refractivity contribution in [3.05, 3.63) is 35.9 Å². The van der Waals surface area contributed by atoms with E-state index in [-0.39, 0.29) is 11.8 Å². The third-order valence-corrected chi connectivity index (χ3v) is 5.97. The fourth-order valence-corrected chi connectivity index (χ4v) is 4.39. The predicted molar refractivity (Wildman–Crippen MR) is 95.4 cm³/mol. The summed E-state index contributed by atoms with van der Waals surface area (Å²) in [7, 11) is 0. The van der Waals surface area contributed by atoms with Gasteiger partial charge in [-0.1, -0.05) is 30.3 Å². The van der Waals surface area contributed by atoms with Crippen molar-refractivity contribution in [2.24, 2.45) is 5.92 Å². The molecule has 1 spiro atoms. The van der Waals surface area contributed by atoms with E-state index < -0.39 is 0 Å². The minimum Gasteiger partial charge on any atom is -0.348 e. The highest BCUT2D eigenvalue weighted by Gasteiger charge is 2.40. The van der Waals surface area contributed by atoms with Gasteiger partial charge < -0.3 is 19.7 Å². The first-order valence-electron chi connectivity index (χ1n) is 9.60. The van der Waals surface area contributed by atoms with E-state index in [1.54, 1.807) is 0 Å². The van der Waals surface area contributed by atoms with Crippen LogP contribution in [0.1, 0.15) is 43.6 Å². The average molecular weight is 344 g/mol. The molecule has 5 nitrogen and oxygen atoms in total. The molecule has 1 aromatic rings. The number of ether oxygens (including phenoxy) is 2. The van der Waals surface area contributed by atoms with E-state index in [4.69, 9.17) is 9.47 Å². The molecule has 4 rings (SSSR count). The van der Waals surface area contributed by atoms with Crippen molar-refractivity contribution in [3.63, 3.8) is 0 Å². The van der Waals surface area contributed by atoms with Gasteiger partial charge in [-0.25, -0.2) is 4.79 Å². The summed E-state index contributed by atoms with van der Waals surface area (Å²) in [6, 6.07) is 10.6. The standard InChI is InChI=1S/C20H28N2O3/c23-19(22-11-8-18(15-22)17-4-2-1-3-5-17)21-14-16-6-9-20(10-7-16)24-12-13-25-20/h1-5,16,18H,6-15H2,(H,21,23)/t18-/m1/s1. The maximum atomic E-state index is 12.5. The van der Waals surface area contributed by atoms with Crippen LogP contribution in [0.3, 0.4) is 0 Å². The number of benzene rings is 1. The van der Waals surface area contributed by atoms with Gasteiger partial charge in [-0.05, 0) is 30.7 Å². The van der Waals surface area contributed by atoms with Crippen molar-refractivity contribution in [1.82, 2.24) is 10.2 Å². The maximum Gasteiger partial charge on any atom is 0.317 e. The van der Waals surface area contributed by atoms with E-state index in [1.165, 1.54) is 5.56 Å². The summed E-state index contributed by atoms with van der Waals surface area (Å²) in [5.41, 5.74) is 1.34. The number of urea groups is 1. The van der Waals surface area contributed by atoms with E-state index in [0.717, 1.165) is 65.0 Å². The van der Waals surface area contributed by atoms with E-state index >= 15 is 0 Å². The van der Waals surface area contributed by atoms with Crippen LogP contribution >= 0.6 is 0 Å². The Hall–Kier alpha value is -1.59. The molecule has 136 valence electrons. The Kier molecular flexibility index (Phi) is 4.95. The summed E-state index contributed by atoms with van der Waals surface area (Å²) in [6.45, 7) is 3.88. The molecular formula is C20H28N2O3. The molecule has 1 atom stereocenters. The van der Waals surface area contributed by atoms with Gasteiger partial charge in [-0.15, -0.1) is 0 Å². The van der Waals surface area contributed by atoms with E-state index in [9.17, 15) is 4.79 Å². The van der Waals surface area contributed by atoms with Crippen molar-refractivity contribution in [2.45, 2.75) is 43.8 Å². The van der Waals surface area contributed by atoms with Crippen LogP contribution in [0.15, 0.2) is 30.3 Å². The second-order valence-corrected chi connectivity index (χ2v) is 7.58. The van der Waals surface area contributed by atoms with Crippen LogP contribution < -0.4 is 5.32 Å². The maximum absolute atomic E-state index is 12.5. The Bertz CT molecular complexity index is 576. The topological polar surface area (TPSA) is 50.8 Å². The van der Waals surface area contributed by atoms with Crippen LogP contribution in [0.5, 0.6) is 0 Å². The number of hydrogen-bond donors (Lipinski definition) is 1. The number of rotatable bonds is 3. The fraction of sp³-hybridized carbons (Fsp3) is 0.650. The molecule has 1 aromatic carbocycles. The number of carbonyl (C=O) groups is 1. The lowest BCUT2D eigenvalue weighted by molar-refractivity contribution is -0.182. The Balaban J connectivity index is 1.21. The SMILES string of the molecule is O=C(NCC1CCC2(CC1)OCCO2)N1CC[C@@H](c2ccccc2)C1. The number of nitrogens with one attached hydrogen (secondary N) is 1. The van der Waals surface area contributed by atoms with E-state index in [0.29, 0.717) is 11.8 Å². The van der Waals surface area contributed by atoms with Gasteiger partial charge in [0.05, 0.1) is 13.2 Å². The summed E-state index contributed by atoms with van der Waals surface area (Å²) in [5, 5.41) is 3.15. The summed E-state index contributed by atoms with van der Waals surface area (Å²) in [4.78, 5) is 14.4. The zero-order valence-electron chi connectivity index (χ0n) is 14.8. The van der Waals surface area contributed by atoms with Crippen LogP contribution in [0.4, 0.5) is 4.79 Å². The molecule has 2 amide bonds. The van der Waals surface area contributed by atoms with E-state index in [1.807, 2.05) is 11.0 Å². The summed E-state index contributed by atoms with van der Waals surface area (Å²) in [6.07, 6.45) is 5.08. The Labute approximate surface area is 149 Å². The van der Waals surface area contributed by atoms with Crippen LogP contribution in [0.2, 0.25) is 0 Å². The van der Waals surface area contributed by atoms with Gasteiger partial charge in [0.15, 0.2) is 5.79 Å². The zero-order valence-corrected chi connectivity index (χ0v) is 14.8. The molecule has 25 heavy (non-hydrogen) atoms. The number of carbonyl (C=O) groups excluding carboxylic acids is 1. The molecule has 0 bridgehead atoms. The number of hydrogen-bond acceptors (Lipinski definition) is 3. The van der Waals surface area contributed by atoms with E-state index in [2.05, 4.69) is 29.6 Å². The largest absolute Gasteiger partial charge is 0.348 e. The predicted octanol–water partition coefficient (Wildman–Crippen LogP) is 3.12. The summed E-state index contributed by atoms with van der Waals surface area (Å²) in [5.74, 6) is 0.700. The molecule has 1 saturated carbocycles. The van der Waals surface area contributed by atoms with Crippen molar-refractivity contribution in [2.75, 3.05) is 32.8 Å². The van der Waals surface area contributed by atoms with Gasteiger partial charge in [0.1, 0.15) is 0 Å². The number of nitrogens with zero attached hydrogens (tertiary/aromatic N) is 1. The van der Waals surface area contributed by atoms with Crippen molar-refractivity contribution < 1.29 is 14.3 Å². The molecule has 2 aliphatic heterocycles. The first-order chi connectivity index (χ1) is 12.2. The van der Waals surface area contributed by atoms with Gasteiger partial charge in [0, 0.05) is 38.4 Å². The van der Waals surface area contributed by atoms with Crippen LogP contribution in [-0.4, -0.2) is 49.6 Å². The van der Waals surface area contributed by atoms with Crippen molar-refractivity contribution in [3.8, 4) is 0 Å². The van der Waals surface area contributed by atoms with Gasteiger partial charge >= 0.3 is 6.03 Å². The first kappa shape index (κ1) is 16.9. The lowest BCUT2D eigenvalue weighted by atomic mass is 9.85. The molecule has 5 heteroatoms. The minimum atomic E-state index is -0.307. The van der Waals surface area contributed by atoms with Gasteiger partial charge in [0.2, 0.25) is 0 Å². The molecule has 1 aliphatic carbocycles. The number of amides is 2. The molecule has 3 aliphatic rings. The molecule has 0 radical (unpaired) electrons. The Morgan fingerprint density at radius 2 is 1.84 bits per heavy atom. The molecule has 0 unspecified atom stereocenters. The molecule has 3 fully saturated rings. The third-order valence-electron chi connectivity index (χ3n) is 5.97. The zero-order chi connectivity index (χ0) is 17.1. The van der Waals surface area contributed by atoms with Crippen LogP contribution in [-0.2, 0) is 9.47 Å². The number of likely N-dealkylation sites (tertiary alicyclic amines) is 1. The normalized spacial score (nSPS) is 26.2. The highest BCUT2D eigenvalue weighted by Crippen LogP contribution is 2.38. The second-order valence-electron chi connectivity index (χ2n) is 7.58. The fourth-order valence-electron chi connectivity index (χ4n) is 4.39. The monoisotopic (exact) mass is 344 g/mol.